The van der Waals surface area contributed by atoms with Gasteiger partial charge >= 0.3 is 5.97 Å². The quantitative estimate of drug-likeness (QED) is 0.173. The maximum absolute atomic E-state index is 14.0. The molecule has 0 bridgehead atoms. The van der Waals surface area contributed by atoms with Crippen LogP contribution in [-0.2, 0) is 14.7 Å². The van der Waals surface area contributed by atoms with Crippen LogP contribution < -0.4 is 0 Å². The van der Waals surface area contributed by atoms with Gasteiger partial charge < -0.3 is 4.84 Å². The number of oxime groups is 1. The highest BCUT2D eigenvalue weighted by atomic mass is 32.2. The van der Waals surface area contributed by atoms with Crippen LogP contribution in [0.2, 0.25) is 0 Å². The molecule has 6 heteroatoms. The number of allylic oxidation sites excluding steroid dienone is 2. The number of carbonyl (C=O) groups is 1. The van der Waals surface area contributed by atoms with Gasteiger partial charge in [-0.1, -0.05) is 111 Å². The number of sulfone groups is 1. The normalized spacial score (nSPS) is 15.8. The molecule has 3 aromatic rings. The molecule has 0 amide bonds. The van der Waals surface area contributed by atoms with E-state index in [4.69, 9.17) is 4.84 Å². The largest absolute Gasteiger partial charge is 0.365 e. The van der Waals surface area contributed by atoms with Crippen molar-refractivity contribution in [3.63, 3.8) is 0 Å². The minimum atomic E-state index is -3.78. The van der Waals surface area contributed by atoms with Crippen LogP contribution in [0.3, 0.4) is 0 Å². The summed E-state index contributed by atoms with van der Waals surface area (Å²) in [6.07, 6.45) is 6.30. The van der Waals surface area contributed by atoms with E-state index >= 15 is 0 Å². The summed E-state index contributed by atoms with van der Waals surface area (Å²) in [5.74, 6) is 0.367. The van der Waals surface area contributed by atoms with Crippen LogP contribution in [0.25, 0.3) is 0 Å². The fraction of sp³-hybridized carbons (Fsp3) is 0.281. The molecule has 0 aliphatic heterocycles. The van der Waals surface area contributed by atoms with Crippen LogP contribution in [0.15, 0.2) is 106 Å². The molecule has 3 aromatic carbocycles. The molecule has 197 valence electrons. The van der Waals surface area contributed by atoms with Crippen LogP contribution in [0.4, 0.5) is 0 Å². The molecule has 0 spiro atoms. The average molecular weight is 529 g/mol. The van der Waals surface area contributed by atoms with Gasteiger partial charge in [0.25, 0.3) is 0 Å². The van der Waals surface area contributed by atoms with Crippen molar-refractivity contribution < 1.29 is 18.0 Å². The molecule has 0 saturated heterocycles. The van der Waals surface area contributed by atoms with Gasteiger partial charge in [0.15, 0.2) is 0 Å². The molecule has 0 N–H and O–H groups in total. The monoisotopic (exact) mass is 528 g/mol. The van der Waals surface area contributed by atoms with Gasteiger partial charge in [-0.2, -0.15) is 0 Å². The second-order valence-electron chi connectivity index (χ2n) is 10.3. The topological polar surface area (TPSA) is 72.8 Å². The molecule has 0 heterocycles. The molecule has 4 rings (SSSR count). The van der Waals surface area contributed by atoms with Crippen molar-refractivity contribution in [2.45, 2.75) is 57.8 Å². The summed E-state index contributed by atoms with van der Waals surface area (Å²) in [6, 6.07) is 25.1. The van der Waals surface area contributed by atoms with Gasteiger partial charge in [0, 0.05) is 16.9 Å². The lowest BCUT2D eigenvalue weighted by atomic mass is 9.80. The van der Waals surface area contributed by atoms with Crippen molar-refractivity contribution in [2.24, 2.45) is 10.6 Å². The molecule has 38 heavy (non-hydrogen) atoms. The van der Waals surface area contributed by atoms with Crippen molar-refractivity contribution in [2.75, 3.05) is 0 Å². The SMILES string of the molecule is Cc1ccc(S(=O)(=O)/C(=C/C(C)(C)/C(=N/OC(=O)c2ccccc2)c2ccccc2)[C]2CCCCC2)cc1. The number of nitrogens with zero attached hydrogens (tertiary/aromatic N) is 1. The highest BCUT2D eigenvalue weighted by Crippen LogP contribution is 2.40. The number of aryl methyl sites for hydroxylation is 1. The highest BCUT2D eigenvalue weighted by Gasteiger charge is 2.35. The van der Waals surface area contributed by atoms with Crippen molar-refractivity contribution >= 4 is 21.5 Å². The number of hydrogen-bond donors (Lipinski definition) is 0. The van der Waals surface area contributed by atoms with Gasteiger partial charge in [0.05, 0.1) is 21.1 Å². The second-order valence-corrected chi connectivity index (χ2v) is 12.2. The average Bonchev–Trinajstić information content (AvgIpc) is 2.93. The van der Waals surface area contributed by atoms with Crippen LogP contribution in [0, 0.1) is 18.3 Å². The molecule has 1 aliphatic carbocycles. The minimum Gasteiger partial charge on any atom is -0.312 e. The Hall–Kier alpha value is -3.51. The second kappa shape index (κ2) is 11.9. The summed E-state index contributed by atoms with van der Waals surface area (Å²) < 4.78 is 28.0. The zero-order chi connectivity index (χ0) is 27.2. The Morgan fingerprint density at radius 1 is 0.816 bits per heavy atom. The zero-order valence-electron chi connectivity index (χ0n) is 22.2. The standard InChI is InChI=1S/C32H34NO4S/c1-24-19-21-28(22-20-24)38(35,36)29(25-13-7-4-8-14-25)23-32(2,3)30(26-15-9-5-10-16-26)33-37-31(34)27-17-11-6-12-18-27/h5-6,9-12,15-23H,4,7-8,13-14H2,1-3H3/b29-23+,33-30+. The van der Waals surface area contributed by atoms with E-state index in [0.717, 1.165) is 49.1 Å². The maximum Gasteiger partial charge on any atom is 0.365 e. The van der Waals surface area contributed by atoms with E-state index in [9.17, 15) is 13.2 Å². The smallest absolute Gasteiger partial charge is 0.312 e. The van der Waals surface area contributed by atoms with Crippen molar-refractivity contribution in [1.29, 1.82) is 0 Å². The molecule has 0 unspecified atom stereocenters. The van der Waals surface area contributed by atoms with E-state index in [0.29, 0.717) is 16.2 Å². The number of hydrogen-bond acceptors (Lipinski definition) is 5. The predicted octanol–water partition coefficient (Wildman–Crippen LogP) is 7.48. The third-order valence-electron chi connectivity index (χ3n) is 6.81. The van der Waals surface area contributed by atoms with Gasteiger partial charge in [-0.05, 0) is 44.0 Å². The number of carbonyl (C=O) groups excluding carboxylic acids is 1. The Morgan fingerprint density at radius 3 is 1.95 bits per heavy atom. The van der Waals surface area contributed by atoms with E-state index in [1.807, 2.05) is 69.3 Å². The highest BCUT2D eigenvalue weighted by molar-refractivity contribution is 7.95. The van der Waals surface area contributed by atoms with Crippen molar-refractivity contribution in [3.05, 3.63) is 119 Å². The molecular formula is C32H34NO4S. The first-order chi connectivity index (χ1) is 18.2. The summed E-state index contributed by atoms with van der Waals surface area (Å²) in [5.41, 5.74) is 1.72. The lowest BCUT2D eigenvalue weighted by molar-refractivity contribution is 0.0513. The fourth-order valence-electron chi connectivity index (χ4n) is 4.69. The van der Waals surface area contributed by atoms with Gasteiger partial charge in [0.1, 0.15) is 0 Å². The molecule has 0 aromatic heterocycles. The van der Waals surface area contributed by atoms with Crippen LogP contribution >= 0.6 is 0 Å². The van der Waals surface area contributed by atoms with E-state index < -0.39 is 21.2 Å². The van der Waals surface area contributed by atoms with Crippen LogP contribution in [-0.4, -0.2) is 20.1 Å². The Labute approximate surface area is 226 Å². The van der Waals surface area contributed by atoms with Gasteiger partial charge in [-0.15, -0.1) is 0 Å². The van der Waals surface area contributed by atoms with E-state index in [1.54, 1.807) is 42.5 Å². The third kappa shape index (κ3) is 6.48. The summed E-state index contributed by atoms with van der Waals surface area (Å²) in [5, 5.41) is 4.32. The summed E-state index contributed by atoms with van der Waals surface area (Å²) in [4.78, 5) is 18.7. The first-order valence-electron chi connectivity index (χ1n) is 13.0. The van der Waals surface area contributed by atoms with Crippen molar-refractivity contribution in [1.82, 2.24) is 0 Å². The summed E-state index contributed by atoms with van der Waals surface area (Å²) >= 11 is 0. The lowest BCUT2D eigenvalue weighted by Gasteiger charge is -2.29. The van der Waals surface area contributed by atoms with Crippen LogP contribution in [0.1, 0.15) is 67.4 Å². The predicted molar refractivity (Wildman–Crippen MR) is 151 cm³/mol. The number of benzene rings is 3. The maximum atomic E-state index is 14.0. The summed E-state index contributed by atoms with van der Waals surface area (Å²) in [7, 11) is -3.78. The van der Waals surface area contributed by atoms with E-state index in [2.05, 4.69) is 5.16 Å². The van der Waals surface area contributed by atoms with Crippen LogP contribution in [0.5, 0.6) is 0 Å². The van der Waals surface area contributed by atoms with E-state index in [-0.39, 0.29) is 4.90 Å². The Morgan fingerprint density at radius 2 is 1.37 bits per heavy atom. The number of rotatable bonds is 8. The molecular weight excluding hydrogens is 494 g/mol. The van der Waals surface area contributed by atoms with Gasteiger partial charge in [0.2, 0.25) is 9.84 Å². The minimum absolute atomic E-state index is 0.275. The Kier molecular flexibility index (Phi) is 8.62. The lowest BCUT2D eigenvalue weighted by Crippen LogP contribution is -2.27. The molecule has 0 atom stereocenters. The zero-order valence-corrected chi connectivity index (χ0v) is 23.0. The fourth-order valence-corrected chi connectivity index (χ4v) is 6.47. The summed E-state index contributed by atoms with van der Waals surface area (Å²) in [6.45, 7) is 5.75. The molecule has 5 nitrogen and oxygen atoms in total. The van der Waals surface area contributed by atoms with E-state index in [1.165, 1.54) is 0 Å². The first-order valence-corrected chi connectivity index (χ1v) is 14.5. The Bertz CT molecular complexity index is 1400. The molecule has 1 fully saturated rings. The van der Waals surface area contributed by atoms with Gasteiger partial charge in [-0.3, -0.25) is 0 Å². The first kappa shape index (κ1) is 27.5. The molecule has 1 aliphatic rings. The van der Waals surface area contributed by atoms with Gasteiger partial charge in [-0.25, -0.2) is 13.2 Å². The Balaban J connectivity index is 1.80. The van der Waals surface area contributed by atoms with Crippen molar-refractivity contribution in [3.8, 4) is 0 Å². The molecule has 1 saturated carbocycles. The third-order valence-corrected chi connectivity index (χ3v) is 8.68. The molecule has 1 radical (unpaired) electrons.